The summed E-state index contributed by atoms with van der Waals surface area (Å²) in [5.41, 5.74) is 1.36. The molecule has 0 spiro atoms. The minimum atomic E-state index is 0.425. The highest BCUT2D eigenvalue weighted by molar-refractivity contribution is 8.14. The molecule has 0 amide bonds. The summed E-state index contributed by atoms with van der Waals surface area (Å²) < 4.78 is 0. The van der Waals surface area contributed by atoms with Gasteiger partial charge in [0.2, 0.25) is 0 Å². The molecule has 0 bridgehead atoms. The van der Waals surface area contributed by atoms with Gasteiger partial charge in [0.15, 0.2) is 5.17 Å². The van der Waals surface area contributed by atoms with E-state index in [1.807, 2.05) is 23.1 Å². The smallest absolute Gasteiger partial charge is 0.157 e. The normalized spacial score (nSPS) is 19.6. The number of hydrogen-bond acceptors (Lipinski definition) is 4. The monoisotopic (exact) mass is 302 g/mol. The van der Waals surface area contributed by atoms with Gasteiger partial charge in [0.1, 0.15) is 0 Å². The third kappa shape index (κ3) is 3.44. The van der Waals surface area contributed by atoms with E-state index in [1.54, 1.807) is 0 Å². The van der Waals surface area contributed by atoms with Crippen LogP contribution in [-0.2, 0) is 6.42 Å². The number of thioether (sulfide) groups is 1. The fraction of sp³-hybridized carbons (Fsp3) is 0.312. The van der Waals surface area contributed by atoms with Gasteiger partial charge in [-0.3, -0.25) is 4.99 Å². The lowest BCUT2D eigenvalue weighted by atomic mass is 10.1. The van der Waals surface area contributed by atoms with E-state index in [2.05, 4.69) is 65.1 Å². The Morgan fingerprint density at radius 2 is 2.10 bits per heavy atom. The van der Waals surface area contributed by atoms with Crippen molar-refractivity contribution in [3.8, 4) is 0 Å². The van der Waals surface area contributed by atoms with Crippen molar-refractivity contribution in [2.75, 3.05) is 6.54 Å². The molecule has 20 heavy (non-hydrogen) atoms. The summed E-state index contributed by atoms with van der Waals surface area (Å²) in [6, 6.07) is 15.4. The van der Waals surface area contributed by atoms with Gasteiger partial charge in [0.25, 0.3) is 0 Å². The molecule has 0 radical (unpaired) electrons. The summed E-state index contributed by atoms with van der Waals surface area (Å²) >= 11 is 3.67. The van der Waals surface area contributed by atoms with Gasteiger partial charge in [0, 0.05) is 17.3 Å². The van der Waals surface area contributed by atoms with Crippen LogP contribution in [0.3, 0.4) is 0 Å². The molecule has 104 valence electrons. The lowest BCUT2D eigenvalue weighted by Crippen LogP contribution is -2.31. The predicted octanol–water partition coefficient (Wildman–Crippen LogP) is 4.11. The zero-order valence-electron chi connectivity index (χ0n) is 11.5. The van der Waals surface area contributed by atoms with Crippen LogP contribution in [0.2, 0.25) is 0 Å². The number of hydrogen-bond donors (Lipinski definition) is 1. The van der Waals surface area contributed by atoms with Gasteiger partial charge in [-0.1, -0.05) is 48.2 Å². The van der Waals surface area contributed by atoms with Gasteiger partial charge in [-0.15, -0.1) is 11.3 Å². The minimum Gasteiger partial charge on any atom is -0.362 e. The van der Waals surface area contributed by atoms with E-state index in [0.29, 0.717) is 11.3 Å². The molecule has 1 aliphatic rings. The first-order valence-electron chi connectivity index (χ1n) is 6.86. The maximum atomic E-state index is 4.63. The maximum Gasteiger partial charge on any atom is 0.157 e. The third-order valence-electron chi connectivity index (χ3n) is 3.28. The molecular formula is C16H18N2S2. The Morgan fingerprint density at radius 3 is 2.85 bits per heavy atom. The molecule has 1 aromatic carbocycles. The van der Waals surface area contributed by atoms with Gasteiger partial charge >= 0.3 is 0 Å². The molecule has 0 aliphatic carbocycles. The zero-order chi connectivity index (χ0) is 13.8. The van der Waals surface area contributed by atoms with E-state index in [0.717, 1.165) is 18.1 Å². The number of nitrogens with one attached hydrogen (secondary N) is 1. The molecule has 4 heteroatoms. The number of aliphatic imine (C=N–C) groups is 1. The van der Waals surface area contributed by atoms with Gasteiger partial charge in [-0.05, 0) is 23.9 Å². The highest BCUT2D eigenvalue weighted by Crippen LogP contribution is 2.34. The largest absolute Gasteiger partial charge is 0.362 e. The quantitative estimate of drug-likeness (QED) is 0.919. The Morgan fingerprint density at radius 1 is 1.25 bits per heavy atom. The van der Waals surface area contributed by atoms with E-state index in [4.69, 9.17) is 0 Å². The summed E-state index contributed by atoms with van der Waals surface area (Å²) in [6.45, 7) is 3.10. The highest BCUT2D eigenvalue weighted by atomic mass is 32.2. The molecule has 0 saturated heterocycles. The lowest BCUT2D eigenvalue weighted by molar-refractivity contribution is 0.671. The molecule has 2 atom stereocenters. The summed E-state index contributed by atoms with van der Waals surface area (Å²) in [5.74, 6) is 0. The second kappa shape index (κ2) is 6.46. The summed E-state index contributed by atoms with van der Waals surface area (Å²) in [4.78, 5) is 6.06. The Hall–Kier alpha value is -1.26. The molecule has 2 aromatic rings. The van der Waals surface area contributed by atoms with Crippen molar-refractivity contribution in [1.29, 1.82) is 0 Å². The predicted molar refractivity (Wildman–Crippen MR) is 89.7 cm³/mol. The number of thiophene rings is 1. The molecule has 1 aromatic heterocycles. The molecule has 2 nitrogen and oxygen atoms in total. The van der Waals surface area contributed by atoms with E-state index in [9.17, 15) is 0 Å². The van der Waals surface area contributed by atoms with Crippen molar-refractivity contribution in [1.82, 2.24) is 5.32 Å². The number of benzene rings is 1. The summed E-state index contributed by atoms with van der Waals surface area (Å²) in [6.07, 6.45) is 1.06. The Kier molecular flexibility index (Phi) is 4.43. The fourth-order valence-corrected chi connectivity index (χ4v) is 4.25. The van der Waals surface area contributed by atoms with Crippen LogP contribution in [0.1, 0.15) is 22.6 Å². The van der Waals surface area contributed by atoms with Crippen LogP contribution in [-0.4, -0.2) is 17.8 Å². The van der Waals surface area contributed by atoms with Crippen molar-refractivity contribution < 1.29 is 0 Å². The van der Waals surface area contributed by atoms with Crippen molar-refractivity contribution in [2.24, 2.45) is 4.99 Å². The van der Waals surface area contributed by atoms with Crippen LogP contribution < -0.4 is 5.32 Å². The van der Waals surface area contributed by atoms with Crippen LogP contribution in [0, 0.1) is 0 Å². The topological polar surface area (TPSA) is 24.4 Å². The average Bonchev–Trinajstić information content (AvgIpc) is 3.11. The standard InChI is InChI=1S/C16H18N2S2/c1-12(10-14-8-5-9-19-14)18-16-17-11-15(20-16)13-6-3-2-4-7-13/h2-9,12,15H,10-11H2,1H3,(H,17,18). The number of rotatable bonds is 4. The molecule has 2 unspecified atom stereocenters. The molecule has 0 fully saturated rings. The summed E-state index contributed by atoms with van der Waals surface area (Å²) in [5, 5.41) is 7.22. The Bertz CT molecular complexity index is 563. The molecule has 3 rings (SSSR count). The SMILES string of the molecule is CC(Cc1cccs1)NC1=NCC(c2ccccc2)S1. The second-order valence-electron chi connectivity index (χ2n) is 4.99. The van der Waals surface area contributed by atoms with Crippen molar-refractivity contribution in [2.45, 2.75) is 24.6 Å². The van der Waals surface area contributed by atoms with Gasteiger partial charge in [-0.2, -0.15) is 0 Å². The fourth-order valence-electron chi connectivity index (χ4n) is 2.29. The van der Waals surface area contributed by atoms with E-state index >= 15 is 0 Å². The van der Waals surface area contributed by atoms with Gasteiger partial charge in [0.05, 0.1) is 11.8 Å². The lowest BCUT2D eigenvalue weighted by Gasteiger charge is -2.14. The van der Waals surface area contributed by atoms with Gasteiger partial charge in [-0.25, -0.2) is 0 Å². The van der Waals surface area contributed by atoms with E-state index in [1.165, 1.54) is 10.4 Å². The first-order valence-corrected chi connectivity index (χ1v) is 8.62. The molecule has 2 heterocycles. The van der Waals surface area contributed by atoms with Crippen molar-refractivity contribution in [3.05, 3.63) is 58.3 Å². The van der Waals surface area contributed by atoms with E-state index < -0.39 is 0 Å². The van der Waals surface area contributed by atoms with Crippen LogP contribution in [0.4, 0.5) is 0 Å². The van der Waals surface area contributed by atoms with Crippen LogP contribution >= 0.6 is 23.1 Å². The Labute approximate surface area is 128 Å². The third-order valence-corrected chi connectivity index (χ3v) is 5.36. The van der Waals surface area contributed by atoms with Gasteiger partial charge < -0.3 is 5.32 Å². The van der Waals surface area contributed by atoms with Crippen LogP contribution in [0.15, 0.2) is 52.8 Å². The molecule has 0 saturated carbocycles. The minimum absolute atomic E-state index is 0.425. The first-order chi connectivity index (χ1) is 9.81. The average molecular weight is 302 g/mol. The molecular weight excluding hydrogens is 284 g/mol. The van der Waals surface area contributed by atoms with Crippen molar-refractivity contribution in [3.63, 3.8) is 0 Å². The first kappa shape index (κ1) is 13.7. The Balaban J connectivity index is 1.52. The van der Waals surface area contributed by atoms with Crippen LogP contribution in [0.5, 0.6) is 0 Å². The zero-order valence-corrected chi connectivity index (χ0v) is 13.1. The second-order valence-corrected chi connectivity index (χ2v) is 7.22. The van der Waals surface area contributed by atoms with Crippen LogP contribution in [0.25, 0.3) is 0 Å². The molecule has 1 aliphatic heterocycles. The number of nitrogens with zero attached hydrogens (tertiary/aromatic N) is 1. The van der Waals surface area contributed by atoms with E-state index in [-0.39, 0.29) is 0 Å². The maximum absolute atomic E-state index is 4.63. The van der Waals surface area contributed by atoms with Crippen molar-refractivity contribution >= 4 is 28.3 Å². The summed E-state index contributed by atoms with van der Waals surface area (Å²) in [7, 11) is 0. The molecule has 1 N–H and O–H groups in total. The number of amidine groups is 1. The highest BCUT2D eigenvalue weighted by Gasteiger charge is 2.22.